The summed E-state index contributed by atoms with van der Waals surface area (Å²) in [5.74, 6) is 0.907. The Balaban J connectivity index is 1.46. The van der Waals surface area contributed by atoms with E-state index in [-0.39, 0.29) is 18.2 Å². The molecule has 2 aromatic carbocycles. The summed E-state index contributed by atoms with van der Waals surface area (Å²) >= 11 is 0. The van der Waals surface area contributed by atoms with Crippen molar-refractivity contribution in [1.82, 2.24) is 14.9 Å². The minimum Gasteiger partial charge on any atom is -0.446 e. The van der Waals surface area contributed by atoms with Crippen LogP contribution in [-0.2, 0) is 4.74 Å². The number of imidazole rings is 1. The lowest BCUT2D eigenvalue weighted by atomic mass is 9.97. The average Bonchev–Trinajstić information content (AvgIpc) is 3.05. The highest BCUT2D eigenvalue weighted by Gasteiger charge is 2.33. The summed E-state index contributed by atoms with van der Waals surface area (Å²) in [5, 5.41) is 9.98. The Hall–Kier alpha value is -2.86. The predicted octanol–water partition coefficient (Wildman–Crippen LogP) is 4.97. The molecule has 3 aromatic rings. The molecule has 6 heteroatoms. The maximum absolute atomic E-state index is 12.5. The number of nitrogens with zero attached hydrogens (tertiary/aromatic N) is 2. The molecule has 0 bridgehead atoms. The molecule has 0 radical (unpaired) electrons. The molecule has 1 aliphatic rings. The second kappa shape index (κ2) is 7.76. The van der Waals surface area contributed by atoms with Crippen LogP contribution in [0.4, 0.5) is 4.79 Å². The van der Waals surface area contributed by atoms with E-state index in [9.17, 15) is 9.90 Å². The van der Waals surface area contributed by atoms with Crippen molar-refractivity contribution in [3.63, 3.8) is 0 Å². The summed E-state index contributed by atoms with van der Waals surface area (Å²) in [6.45, 7) is 8.07. The van der Waals surface area contributed by atoms with Crippen LogP contribution in [0, 0.1) is 6.92 Å². The van der Waals surface area contributed by atoms with Crippen molar-refractivity contribution >= 4 is 17.1 Å². The van der Waals surface area contributed by atoms with Crippen molar-refractivity contribution < 1.29 is 14.6 Å². The normalized spacial score (nSPS) is 18.5. The Morgan fingerprint density at radius 2 is 1.93 bits per heavy atom. The van der Waals surface area contributed by atoms with Gasteiger partial charge in [-0.3, -0.25) is 0 Å². The van der Waals surface area contributed by atoms with Gasteiger partial charge in [0.15, 0.2) is 0 Å². The minimum absolute atomic E-state index is 0.0765. The number of fused-ring (bicyclic) bond motifs is 1. The molecule has 1 aliphatic heterocycles. The van der Waals surface area contributed by atoms with Crippen LogP contribution in [0.2, 0.25) is 0 Å². The Kier molecular flexibility index (Phi) is 5.28. The van der Waals surface area contributed by atoms with Crippen LogP contribution in [0.5, 0.6) is 0 Å². The van der Waals surface area contributed by atoms with Gasteiger partial charge in [0.2, 0.25) is 0 Å². The van der Waals surface area contributed by atoms with Crippen LogP contribution in [0.25, 0.3) is 22.2 Å². The van der Waals surface area contributed by atoms with Gasteiger partial charge in [0.05, 0.1) is 22.7 Å². The number of amides is 1. The smallest absolute Gasteiger partial charge is 0.410 e. The first-order valence-corrected chi connectivity index (χ1v) is 10.5. The number of hydrogen-bond acceptors (Lipinski definition) is 4. The molecular weight excluding hydrogens is 378 g/mol. The average molecular weight is 408 g/mol. The second-order valence-electron chi connectivity index (χ2n) is 8.86. The van der Waals surface area contributed by atoms with E-state index >= 15 is 0 Å². The quantitative estimate of drug-likeness (QED) is 0.626. The molecule has 4 rings (SSSR count). The first-order valence-electron chi connectivity index (χ1n) is 10.5. The molecule has 30 heavy (non-hydrogen) atoms. The second-order valence-corrected chi connectivity index (χ2v) is 8.86. The number of benzene rings is 2. The molecule has 0 spiro atoms. The largest absolute Gasteiger partial charge is 0.446 e. The molecule has 0 saturated carbocycles. The molecular formula is C24H29N3O3. The lowest BCUT2D eigenvalue weighted by Crippen LogP contribution is -2.45. The van der Waals surface area contributed by atoms with Gasteiger partial charge >= 0.3 is 6.09 Å². The van der Waals surface area contributed by atoms with E-state index in [1.807, 2.05) is 19.9 Å². The molecule has 2 unspecified atom stereocenters. The SMILES string of the molecule is Cc1nc2ccc(-c3ccc(C(C)N4CCC(CC(C)(C)O)OC4=O)cc3)cc2[nH]1. The number of aryl methyl sites for hydroxylation is 1. The minimum atomic E-state index is -0.841. The van der Waals surface area contributed by atoms with E-state index < -0.39 is 5.60 Å². The van der Waals surface area contributed by atoms with E-state index in [1.54, 1.807) is 18.7 Å². The molecule has 0 aliphatic carbocycles. The summed E-state index contributed by atoms with van der Waals surface area (Å²) in [6, 6.07) is 14.4. The highest BCUT2D eigenvalue weighted by molar-refractivity contribution is 5.82. The number of H-pyrrole nitrogens is 1. The summed E-state index contributed by atoms with van der Waals surface area (Å²) in [6.07, 6.45) is 0.633. The predicted molar refractivity (Wildman–Crippen MR) is 117 cm³/mol. The van der Waals surface area contributed by atoms with E-state index in [2.05, 4.69) is 46.4 Å². The zero-order chi connectivity index (χ0) is 21.5. The number of carbonyl (C=O) groups excluding carboxylic acids is 1. The summed E-state index contributed by atoms with van der Waals surface area (Å²) in [7, 11) is 0. The van der Waals surface area contributed by atoms with Crippen LogP contribution in [0.15, 0.2) is 42.5 Å². The van der Waals surface area contributed by atoms with Gasteiger partial charge in [0.25, 0.3) is 0 Å². The summed E-state index contributed by atoms with van der Waals surface area (Å²) < 4.78 is 5.57. The molecule has 158 valence electrons. The van der Waals surface area contributed by atoms with Crippen LogP contribution in [-0.4, -0.2) is 44.3 Å². The number of aromatic nitrogens is 2. The van der Waals surface area contributed by atoms with Crippen molar-refractivity contribution in [2.24, 2.45) is 0 Å². The first-order chi connectivity index (χ1) is 14.2. The van der Waals surface area contributed by atoms with Gasteiger partial charge in [-0.2, -0.15) is 0 Å². The summed E-state index contributed by atoms with van der Waals surface area (Å²) in [5.41, 5.74) is 4.46. The molecule has 2 heterocycles. The number of hydrogen-bond donors (Lipinski definition) is 2. The number of carbonyl (C=O) groups is 1. The van der Waals surface area contributed by atoms with Gasteiger partial charge < -0.3 is 19.7 Å². The number of aliphatic hydroxyl groups is 1. The van der Waals surface area contributed by atoms with Gasteiger partial charge in [-0.15, -0.1) is 0 Å². The van der Waals surface area contributed by atoms with Gasteiger partial charge in [0.1, 0.15) is 11.9 Å². The number of rotatable bonds is 5. The van der Waals surface area contributed by atoms with Crippen molar-refractivity contribution in [2.45, 2.75) is 58.3 Å². The molecule has 2 atom stereocenters. The van der Waals surface area contributed by atoms with Crippen LogP contribution >= 0.6 is 0 Å². The van der Waals surface area contributed by atoms with E-state index in [0.29, 0.717) is 13.0 Å². The molecule has 6 nitrogen and oxygen atoms in total. The zero-order valence-electron chi connectivity index (χ0n) is 18.0. The van der Waals surface area contributed by atoms with Gasteiger partial charge in [-0.1, -0.05) is 30.3 Å². The van der Waals surface area contributed by atoms with Gasteiger partial charge in [-0.25, -0.2) is 9.78 Å². The Morgan fingerprint density at radius 3 is 2.60 bits per heavy atom. The maximum Gasteiger partial charge on any atom is 0.410 e. The lowest BCUT2D eigenvalue weighted by Gasteiger charge is -2.37. The highest BCUT2D eigenvalue weighted by atomic mass is 16.6. The van der Waals surface area contributed by atoms with Crippen molar-refractivity contribution in [3.8, 4) is 11.1 Å². The summed E-state index contributed by atoms with van der Waals surface area (Å²) in [4.78, 5) is 22.0. The van der Waals surface area contributed by atoms with Crippen molar-refractivity contribution in [2.75, 3.05) is 6.54 Å². The third-order valence-corrected chi connectivity index (χ3v) is 5.72. The van der Waals surface area contributed by atoms with E-state index in [0.717, 1.165) is 40.0 Å². The highest BCUT2D eigenvalue weighted by Crippen LogP contribution is 2.30. The molecule has 1 fully saturated rings. The van der Waals surface area contributed by atoms with Gasteiger partial charge in [0, 0.05) is 19.4 Å². The van der Waals surface area contributed by atoms with E-state index in [4.69, 9.17) is 4.74 Å². The maximum atomic E-state index is 12.5. The molecule has 2 N–H and O–H groups in total. The van der Waals surface area contributed by atoms with Crippen LogP contribution < -0.4 is 0 Å². The Bertz CT molecular complexity index is 1050. The molecule has 1 amide bonds. The standard InChI is InChI=1S/C24H29N3O3/c1-15(27-12-11-20(30-23(27)28)14-24(3,4)29)17-5-7-18(8-6-17)19-9-10-21-22(13-19)26-16(2)25-21/h5-10,13,15,20,29H,11-12,14H2,1-4H3,(H,25,26). The van der Waals surface area contributed by atoms with Crippen molar-refractivity contribution in [1.29, 1.82) is 0 Å². The third-order valence-electron chi connectivity index (χ3n) is 5.72. The monoisotopic (exact) mass is 407 g/mol. The fourth-order valence-corrected chi connectivity index (χ4v) is 4.15. The molecule has 1 aromatic heterocycles. The number of aromatic amines is 1. The fraction of sp³-hybridized carbons (Fsp3) is 0.417. The third kappa shape index (κ3) is 4.33. The Morgan fingerprint density at radius 1 is 1.23 bits per heavy atom. The Labute approximate surface area is 176 Å². The van der Waals surface area contributed by atoms with Gasteiger partial charge in [-0.05, 0) is 56.5 Å². The lowest BCUT2D eigenvalue weighted by molar-refractivity contribution is -0.0309. The van der Waals surface area contributed by atoms with Crippen molar-refractivity contribution in [3.05, 3.63) is 53.9 Å². The topological polar surface area (TPSA) is 78.5 Å². The van der Waals surface area contributed by atoms with Crippen LogP contribution in [0.1, 0.15) is 51.0 Å². The van der Waals surface area contributed by atoms with Crippen LogP contribution in [0.3, 0.4) is 0 Å². The zero-order valence-corrected chi connectivity index (χ0v) is 18.0. The fourth-order valence-electron chi connectivity index (χ4n) is 4.15. The van der Waals surface area contributed by atoms with E-state index in [1.165, 1.54) is 0 Å². The first kappa shape index (κ1) is 20.4. The molecule has 1 saturated heterocycles. The number of nitrogens with one attached hydrogen (secondary N) is 1. The number of cyclic esters (lactones) is 1. The number of ether oxygens (including phenoxy) is 1.